The summed E-state index contributed by atoms with van der Waals surface area (Å²) in [5.74, 6) is -1.91. The van der Waals surface area contributed by atoms with Crippen LogP contribution in [0.15, 0.2) is 46.8 Å². The van der Waals surface area contributed by atoms with Crippen molar-refractivity contribution in [2.75, 3.05) is 11.1 Å². The van der Waals surface area contributed by atoms with Gasteiger partial charge in [-0.3, -0.25) is 4.79 Å². The minimum atomic E-state index is -0.731. The normalized spacial score (nSPS) is 10.7. The maximum absolute atomic E-state index is 13.6. The number of thioether (sulfide) groups is 1. The lowest BCUT2D eigenvalue weighted by Gasteiger charge is -2.02. The van der Waals surface area contributed by atoms with E-state index in [1.807, 2.05) is 31.2 Å². The molecule has 3 aromatic rings. The summed E-state index contributed by atoms with van der Waals surface area (Å²) in [6.07, 6.45) is 0. The van der Waals surface area contributed by atoms with E-state index in [-0.39, 0.29) is 11.3 Å². The molecule has 0 saturated carbocycles. The highest BCUT2D eigenvalue weighted by molar-refractivity contribution is 8.01. The number of nitrogens with one attached hydrogen (secondary N) is 1. The third-order valence-corrected chi connectivity index (χ3v) is 5.24. The highest BCUT2D eigenvalue weighted by atomic mass is 32.2. The molecule has 0 amide bonds. The third-order valence-electron chi connectivity index (χ3n) is 3.26. The summed E-state index contributed by atoms with van der Waals surface area (Å²) in [5.41, 5.74) is 1.79. The van der Waals surface area contributed by atoms with Gasteiger partial charge in [0.2, 0.25) is 5.13 Å². The SMILES string of the molecule is Cc1ccc(Nc2nnc(SCC(=O)c3cc(F)ccc3F)s2)cc1. The topological polar surface area (TPSA) is 54.9 Å². The summed E-state index contributed by atoms with van der Waals surface area (Å²) in [6, 6.07) is 10.6. The molecule has 2 aromatic carbocycles. The third kappa shape index (κ3) is 4.61. The first-order valence-corrected chi connectivity index (χ1v) is 9.10. The molecule has 0 bridgehead atoms. The summed E-state index contributed by atoms with van der Waals surface area (Å²) in [7, 11) is 0. The summed E-state index contributed by atoms with van der Waals surface area (Å²) in [5, 5.41) is 11.7. The van der Waals surface area contributed by atoms with Crippen LogP contribution < -0.4 is 5.32 Å². The van der Waals surface area contributed by atoms with E-state index in [1.165, 1.54) is 11.3 Å². The zero-order valence-corrected chi connectivity index (χ0v) is 14.8. The number of hydrogen-bond donors (Lipinski definition) is 1. The molecule has 3 rings (SSSR count). The van der Waals surface area contributed by atoms with Crippen molar-refractivity contribution < 1.29 is 13.6 Å². The molecule has 0 fully saturated rings. The van der Waals surface area contributed by atoms with Crippen molar-refractivity contribution in [1.82, 2.24) is 10.2 Å². The predicted octanol–water partition coefficient (Wildman–Crippen LogP) is 4.84. The molecule has 0 spiro atoms. The Balaban J connectivity index is 1.60. The minimum Gasteiger partial charge on any atom is -0.330 e. The fraction of sp³-hybridized carbons (Fsp3) is 0.118. The van der Waals surface area contributed by atoms with Gasteiger partial charge in [-0.15, -0.1) is 10.2 Å². The smallest absolute Gasteiger partial charge is 0.210 e. The molecule has 8 heteroatoms. The number of aromatic nitrogens is 2. The Hall–Kier alpha value is -2.32. The Labute approximate surface area is 151 Å². The summed E-state index contributed by atoms with van der Waals surface area (Å²) >= 11 is 2.42. The van der Waals surface area contributed by atoms with Gasteiger partial charge in [-0.1, -0.05) is 40.8 Å². The van der Waals surface area contributed by atoms with Crippen LogP contribution in [0.4, 0.5) is 19.6 Å². The molecular formula is C17H13F2N3OS2. The summed E-state index contributed by atoms with van der Waals surface area (Å²) in [6.45, 7) is 2.00. The van der Waals surface area contributed by atoms with Crippen LogP contribution in [0.25, 0.3) is 0 Å². The first-order chi connectivity index (χ1) is 12.0. The second-order valence-electron chi connectivity index (χ2n) is 5.20. The average molecular weight is 377 g/mol. The molecule has 0 radical (unpaired) electrons. The Morgan fingerprint density at radius 1 is 1.16 bits per heavy atom. The summed E-state index contributed by atoms with van der Waals surface area (Å²) in [4.78, 5) is 12.0. The van der Waals surface area contributed by atoms with Gasteiger partial charge in [0.1, 0.15) is 11.6 Å². The monoisotopic (exact) mass is 377 g/mol. The van der Waals surface area contributed by atoms with Gasteiger partial charge in [0.15, 0.2) is 10.1 Å². The van der Waals surface area contributed by atoms with Gasteiger partial charge < -0.3 is 5.32 Å². The van der Waals surface area contributed by atoms with E-state index in [2.05, 4.69) is 15.5 Å². The van der Waals surface area contributed by atoms with E-state index in [4.69, 9.17) is 0 Å². The Bertz CT molecular complexity index is 897. The van der Waals surface area contributed by atoms with Gasteiger partial charge in [-0.2, -0.15) is 0 Å². The molecule has 25 heavy (non-hydrogen) atoms. The number of rotatable bonds is 6. The van der Waals surface area contributed by atoms with Crippen LogP contribution in [0.2, 0.25) is 0 Å². The van der Waals surface area contributed by atoms with E-state index in [9.17, 15) is 13.6 Å². The van der Waals surface area contributed by atoms with Crippen molar-refractivity contribution in [2.24, 2.45) is 0 Å². The Morgan fingerprint density at radius 3 is 2.68 bits per heavy atom. The number of halogens is 2. The van der Waals surface area contributed by atoms with Crippen LogP contribution in [-0.4, -0.2) is 21.7 Å². The lowest BCUT2D eigenvalue weighted by atomic mass is 10.1. The van der Waals surface area contributed by atoms with Crippen molar-refractivity contribution in [3.8, 4) is 0 Å². The van der Waals surface area contributed by atoms with E-state index in [1.54, 1.807) is 0 Å². The maximum Gasteiger partial charge on any atom is 0.210 e. The quantitative estimate of drug-likeness (QED) is 0.492. The fourth-order valence-electron chi connectivity index (χ4n) is 2.00. The molecule has 0 saturated heterocycles. The predicted molar refractivity (Wildman–Crippen MR) is 95.8 cm³/mol. The lowest BCUT2D eigenvalue weighted by Crippen LogP contribution is -2.05. The second kappa shape index (κ2) is 7.71. The van der Waals surface area contributed by atoms with E-state index in [0.29, 0.717) is 9.47 Å². The van der Waals surface area contributed by atoms with Gasteiger partial charge >= 0.3 is 0 Å². The second-order valence-corrected chi connectivity index (χ2v) is 7.40. The molecule has 0 aliphatic heterocycles. The number of carbonyl (C=O) groups excluding carboxylic acids is 1. The number of benzene rings is 2. The summed E-state index contributed by atoms with van der Waals surface area (Å²) < 4.78 is 27.3. The van der Waals surface area contributed by atoms with E-state index >= 15 is 0 Å². The number of ketones is 1. The number of carbonyl (C=O) groups is 1. The van der Waals surface area contributed by atoms with Gasteiger partial charge in [-0.05, 0) is 37.3 Å². The van der Waals surface area contributed by atoms with Gasteiger partial charge in [0.25, 0.3) is 0 Å². The minimum absolute atomic E-state index is 0.0421. The van der Waals surface area contributed by atoms with Crippen LogP contribution in [0.1, 0.15) is 15.9 Å². The molecule has 4 nitrogen and oxygen atoms in total. The number of nitrogens with zero attached hydrogens (tertiary/aromatic N) is 2. The molecule has 0 unspecified atom stereocenters. The largest absolute Gasteiger partial charge is 0.330 e. The van der Waals surface area contributed by atoms with Crippen LogP contribution in [0, 0.1) is 18.6 Å². The number of anilines is 2. The zero-order chi connectivity index (χ0) is 17.8. The molecule has 0 aliphatic rings. The lowest BCUT2D eigenvalue weighted by molar-refractivity contribution is 0.101. The number of Topliss-reactive ketones (excluding diaryl/α,β-unsaturated/α-hetero) is 1. The highest BCUT2D eigenvalue weighted by Crippen LogP contribution is 2.28. The Kier molecular flexibility index (Phi) is 5.40. The first kappa shape index (κ1) is 17.5. The average Bonchev–Trinajstić information content (AvgIpc) is 3.04. The molecule has 1 N–H and O–H groups in total. The van der Waals surface area contributed by atoms with Crippen molar-refractivity contribution in [2.45, 2.75) is 11.3 Å². The Morgan fingerprint density at radius 2 is 1.92 bits per heavy atom. The van der Waals surface area contributed by atoms with Crippen LogP contribution >= 0.6 is 23.1 Å². The molecule has 1 aromatic heterocycles. The van der Waals surface area contributed by atoms with Gasteiger partial charge in [0.05, 0.1) is 11.3 Å². The van der Waals surface area contributed by atoms with Crippen LogP contribution in [-0.2, 0) is 0 Å². The zero-order valence-electron chi connectivity index (χ0n) is 13.1. The molecule has 128 valence electrons. The first-order valence-electron chi connectivity index (χ1n) is 7.29. The van der Waals surface area contributed by atoms with Gasteiger partial charge in [-0.25, -0.2) is 8.78 Å². The molecule has 0 atom stereocenters. The molecule has 0 aliphatic carbocycles. The van der Waals surface area contributed by atoms with E-state index in [0.717, 1.165) is 41.2 Å². The van der Waals surface area contributed by atoms with Crippen LogP contribution in [0.5, 0.6) is 0 Å². The van der Waals surface area contributed by atoms with Crippen LogP contribution in [0.3, 0.4) is 0 Å². The van der Waals surface area contributed by atoms with Gasteiger partial charge in [0, 0.05) is 5.69 Å². The van der Waals surface area contributed by atoms with Crippen molar-refractivity contribution >= 4 is 39.7 Å². The van der Waals surface area contributed by atoms with E-state index < -0.39 is 17.4 Å². The maximum atomic E-state index is 13.6. The fourth-order valence-corrected chi connectivity index (χ4v) is 3.65. The number of aryl methyl sites for hydroxylation is 1. The highest BCUT2D eigenvalue weighted by Gasteiger charge is 2.15. The standard InChI is InChI=1S/C17H13F2N3OS2/c1-10-2-5-12(6-3-10)20-16-21-22-17(25-16)24-9-15(23)13-8-11(18)4-7-14(13)19/h2-8H,9H2,1H3,(H,20,21). The molecular weight excluding hydrogens is 364 g/mol. The van der Waals surface area contributed by atoms with Crippen molar-refractivity contribution in [1.29, 1.82) is 0 Å². The van der Waals surface area contributed by atoms with Crippen molar-refractivity contribution in [3.63, 3.8) is 0 Å². The molecule has 1 heterocycles. The number of hydrogen-bond acceptors (Lipinski definition) is 6. The van der Waals surface area contributed by atoms with Crippen molar-refractivity contribution in [3.05, 3.63) is 65.2 Å².